The molecular formula is C22H19FN4O4S. The molecule has 0 amide bonds. The number of rotatable bonds is 7. The summed E-state index contributed by atoms with van der Waals surface area (Å²) in [5, 5.41) is 3.05. The Balaban J connectivity index is 1.80. The van der Waals surface area contributed by atoms with Gasteiger partial charge in [-0.3, -0.25) is 4.72 Å². The smallest absolute Gasteiger partial charge is 0.266 e. The van der Waals surface area contributed by atoms with Gasteiger partial charge in [-0.25, -0.2) is 22.8 Å². The highest BCUT2D eigenvalue weighted by molar-refractivity contribution is 7.92. The van der Waals surface area contributed by atoms with Crippen LogP contribution in [0.15, 0.2) is 71.6 Å². The van der Waals surface area contributed by atoms with Gasteiger partial charge in [0.05, 0.1) is 25.3 Å². The number of benzene rings is 3. The molecule has 1 heterocycles. The van der Waals surface area contributed by atoms with E-state index >= 15 is 0 Å². The van der Waals surface area contributed by atoms with Crippen molar-refractivity contribution >= 4 is 38.4 Å². The molecule has 2 N–H and O–H groups in total. The van der Waals surface area contributed by atoms with E-state index < -0.39 is 20.7 Å². The molecule has 4 aromatic rings. The Labute approximate surface area is 184 Å². The topological polar surface area (TPSA) is 102 Å². The number of para-hydroxylation sites is 2. The minimum absolute atomic E-state index is 0.0891. The molecule has 8 nitrogen and oxygen atoms in total. The third-order valence-electron chi connectivity index (χ3n) is 4.54. The Kier molecular flexibility index (Phi) is 5.78. The van der Waals surface area contributed by atoms with Crippen molar-refractivity contribution in [1.82, 2.24) is 9.97 Å². The highest BCUT2D eigenvalue weighted by Crippen LogP contribution is 2.31. The van der Waals surface area contributed by atoms with Gasteiger partial charge >= 0.3 is 0 Å². The Morgan fingerprint density at radius 2 is 1.38 bits per heavy atom. The average Bonchev–Trinajstić information content (AvgIpc) is 2.79. The first kappa shape index (κ1) is 21.3. The van der Waals surface area contributed by atoms with Crippen LogP contribution in [-0.4, -0.2) is 32.6 Å². The van der Waals surface area contributed by atoms with Gasteiger partial charge in [0.25, 0.3) is 10.0 Å². The lowest BCUT2D eigenvalue weighted by Crippen LogP contribution is -2.17. The number of hydrogen-bond donors (Lipinski definition) is 2. The highest BCUT2D eigenvalue weighted by Gasteiger charge is 2.22. The normalized spacial score (nSPS) is 11.2. The molecule has 0 saturated carbocycles. The zero-order valence-corrected chi connectivity index (χ0v) is 18.0. The second-order valence-electron chi connectivity index (χ2n) is 6.67. The average molecular weight is 454 g/mol. The summed E-state index contributed by atoms with van der Waals surface area (Å²) in [5.41, 5.74) is 1.53. The van der Waals surface area contributed by atoms with Gasteiger partial charge in [0.1, 0.15) is 22.2 Å². The molecule has 0 fully saturated rings. The van der Waals surface area contributed by atoms with Crippen molar-refractivity contribution < 1.29 is 22.3 Å². The molecule has 0 spiro atoms. The van der Waals surface area contributed by atoms with Crippen LogP contribution in [-0.2, 0) is 10.0 Å². The van der Waals surface area contributed by atoms with E-state index in [1.54, 1.807) is 42.5 Å². The lowest BCUT2D eigenvalue weighted by molar-refractivity contribution is 0.395. The number of hydrogen-bond acceptors (Lipinski definition) is 7. The lowest BCUT2D eigenvalue weighted by Gasteiger charge is -2.15. The van der Waals surface area contributed by atoms with Crippen LogP contribution in [0.5, 0.6) is 11.5 Å². The van der Waals surface area contributed by atoms with Crippen molar-refractivity contribution in [2.75, 3.05) is 24.3 Å². The summed E-state index contributed by atoms with van der Waals surface area (Å²) in [4.78, 5) is 8.41. The third-order valence-corrected chi connectivity index (χ3v) is 5.91. The molecule has 3 aromatic carbocycles. The van der Waals surface area contributed by atoms with Gasteiger partial charge in [0.2, 0.25) is 0 Å². The number of sulfonamides is 1. The molecule has 10 heteroatoms. The van der Waals surface area contributed by atoms with Gasteiger partial charge < -0.3 is 14.8 Å². The molecule has 0 radical (unpaired) electrons. The number of methoxy groups -OCH3 is 2. The first-order valence-corrected chi connectivity index (χ1v) is 10.9. The van der Waals surface area contributed by atoms with E-state index in [4.69, 9.17) is 9.47 Å². The standard InChI is InChI=1S/C22H19FN4O4S/c1-30-15-11-14(12-16(13-15)31-2)24-21-22(26-19-9-5-4-8-18(19)25-21)27-32(28,29)20-10-6-3-7-17(20)23/h3-13H,1-2H3,(H,24,25)(H,26,27). The van der Waals surface area contributed by atoms with Crippen LogP contribution in [0.2, 0.25) is 0 Å². The van der Waals surface area contributed by atoms with Gasteiger partial charge in [-0.15, -0.1) is 0 Å². The van der Waals surface area contributed by atoms with Crippen molar-refractivity contribution in [3.63, 3.8) is 0 Å². The predicted molar refractivity (Wildman–Crippen MR) is 120 cm³/mol. The van der Waals surface area contributed by atoms with Crippen LogP contribution in [0.3, 0.4) is 0 Å². The summed E-state index contributed by atoms with van der Waals surface area (Å²) in [6.07, 6.45) is 0. The monoisotopic (exact) mass is 454 g/mol. The molecule has 0 unspecified atom stereocenters. The highest BCUT2D eigenvalue weighted by atomic mass is 32.2. The summed E-state index contributed by atoms with van der Waals surface area (Å²) in [6, 6.07) is 17.1. The minimum Gasteiger partial charge on any atom is -0.497 e. The third kappa shape index (κ3) is 4.40. The molecule has 0 saturated heterocycles. The van der Waals surface area contributed by atoms with Gasteiger partial charge in [-0.2, -0.15) is 0 Å². The summed E-state index contributed by atoms with van der Waals surface area (Å²) >= 11 is 0. The fourth-order valence-electron chi connectivity index (χ4n) is 3.02. The quantitative estimate of drug-likeness (QED) is 0.428. The Morgan fingerprint density at radius 1 is 0.812 bits per heavy atom. The Hall–Kier alpha value is -3.92. The summed E-state index contributed by atoms with van der Waals surface area (Å²) in [5.74, 6) is 0.205. The summed E-state index contributed by atoms with van der Waals surface area (Å²) in [6.45, 7) is 0. The molecule has 1 aromatic heterocycles. The predicted octanol–water partition coefficient (Wildman–Crippen LogP) is 4.33. The molecule has 0 aliphatic heterocycles. The number of halogens is 1. The fraction of sp³-hybridized carbons (Fsp3) is 0.0909. The SMILES string of the molecule is COc1cc(Nc2nc3ccccc3nc2NS(=O)(=O)c2ccccc2F)cc(OC)c1. The first-order valence-electron chi connectivity index (χ1n) is 9.44. The van der Waals surface area contributed by atoms with Crippen molar-refractivity contribution in [2.24, 2.45) is 0 Å². The molecule has 0 bridgehead atoms. The zero-order valence-electron chi connectivity index (χ0n) is 17.2. The number of fused-ring (bicyclic) bond motifs is 1. The minimum atomic E-state index is -4.27. The Bertz CT molecular complexity index is 1370. The van der Waals surface area contributed by atoms with E-state index in [0.717, 1.165) is 6.07 Å². The second-order valence-corrected chi connectivity index (χ2v) is 8.32. The molecule has 4 rings (SSSR count). The molecule has 0 aliphatic rings. The maximum atomic E-state index is 14.2. The summed E-state index contributed by atoms with van der Waals surface area (Å²) < 4.78 is 52.8. The van der Waals surface area contributed by atoms with E-state index in [1.165, 1.54) is 32.4 Å². The van der Waals surface area contributed by atoms with E-state index in [0.29, 0.717) is 28.2 Å². The van der Waals surface area contributed by atoms with Crippen molar-refractivity contribution in [2.45, 2.75) is 4.90 Å². The number of aromatic nitrogens is 2. The van der Waals surface area contributed by atoms with Gasteiger partial charge in [-0.05, 0) is 24.3 Å². The fourth-order valence-corrected chi connectivity index (χ4v) is 4.11. The molecule has 32 heavy (non-hydrogen) atoms. The van der Waals surface area contributed by atoms with Crippen molar-refractivity contribution in [1.29, 1.82) is 0 Å². The maximum Gasteiger partial charge on any atom is 0.266 e. The second kappa shape index (κ2) is 8.67. The number of nitrogens with one attached hydrogen (secondary N) is 2. The number of anilines is 3. The molecule has 164 valence electrons. The van der Waals surface area contributed by atoms with Crippen molar-refractivity contribution in [3.05, 3.63) is 72.5 Å². The van der Waals surface area contributed by atoms with E-state index in [1.807, 2.05) is 0 Å². The van der Waals surface area contributed by atoms with Crippen LogP contribution < -0.4 is 19.5 Å². The van der Waals surface area contributed by atoms with E-state index in [9.17, 15) is 12.8 Å². The largest absolute Gasteiger partial charge is 0.497 e. The van der Waals surface area contributed by atoms with Crippen LogP contribution >= 0.6 is 0 Å². The van der Waals surface area contributed by atoms with Gasteiger partial charge in [0.15, 0.2) is 11.6 Å². The molecular weight excluding hydrogens is 435 g/mol. The summed E-state index contributed by atoms with van der Waals surface area (Å²) in [7, 11) is -1.24. The lowest BCUT2D eigenvalue weighted by atomic mass is 10.2. The van der Waals surface area contributed by atoms with Crippen LogP contribution in [0.1, 0.15) is 0 Å². The van der Waals surface area contributed by atoms with Crippen LogP contribution in [0, 0.1) is 5.82 Å². The Morgan fingerprint density at radius 3 is 1.97 bits per heavy atom. The van der Waals surface area contributed by atoms with Gasteiger partial charge in [-0.1, -0.05) is 24.3 Å². The van der Waals surface area contributed by atoms with Gasteiger partial charge in [0, 0.05) is 23.9 Å². The van der Waals surface area contributed by atoms with Crippen LogP contribution in [0.4, 0.5) is 21.7 Å². The molecule has 0 atom stereocenters. The van der Waals surface area contributed by atoms with E-state index in [2.05, 4.69) is 20.0 Å². The molecule has 0 aliphatic carbocycles. The van der Waals surface area contributed by atoms with Crippen molar-refractivity contribution in [3.8, 4) is 11.5 Å². The first-order chi connectivity index (χ1) is 15.4. The maximum absolute atomic E-state index is 14.2. The zero-order chi connectivity index (χ0) is 22.7. The number of ether oxygens (including phenoxy) is 2. The van der Waals surface area contributed by atoms with E-state index in [-0.39, 0.29) is 11.6 Å². The number of nitrogens with zero attached hydrogens (tertiary/aromatic N) is 2. The van der Waals surface area contributed by atoms with Crippen LogP contribution in [0.25, 0.3) is 11.0 Å².